The number of nitrogens with two attached hydrogens (primary N) is 1. The van der Waals surface area contributed by atoms with Gasteiger partial charge in [0, 0.05) is 31.2 Å². The standard InChI is InChI=1S/C23H25FN6O2/c1-13-5-15(8-17(24)6-13)9-27-21-23(32)30-18(12-28-21)3-4-19(30)22(31)29-11-16-7-14(2)20(25)26-10-16/h5-8,10,12,19H,3-4,9,11H2,1-2H3,(H2,25,26)(H,27,28)(H,29,31). The van der Waals surface area contributed by atoms with Crippen molar-refractivity contribution in [1.82, 2.24) is 19.9 Å². The fraction of sp³-hybridized carbons (Fsp3) is 0.304. The SMILES string of the molecule is Cc1cc(F)cc(CNc2ncc3n(c2=O)C(C(=O)NCc2cnc(N)c(C)c2)CC3)c1. The molecule has 32 heavy (non-hydrogen) atoms. The number of fused-ring (bicyclic) bond motifs is 1. The van der Waals surface area contributed by atoms with Gasteiger partial charge >= 0.3 is 0 Å². The molecule has 1 atom stereocenters. The summed E-state index contributed by atoms with van der Waals surface area (Å²) in [6, 6.07) is 5.95. The number of carbonyl (C=O) groups excluding carboxylic acids is 1. The third-order valence-electron chi connectivity index (χ3n) is 5.57. The molecule has 1 aromatic carbocycles. The number of pyridine rings is 1. The van der Waals surface area contributed by atoms with Crippen LogP contribution in [0.3, 0.4) is 0 Å². The average Bonchev–Trinajstić information content (AvgIpc) is 3.18. The number of nitrogens with zero attached hydrogens (tertiary/aromatic N) is 3. The highest BCUT2D eigenvalue weighted by atomic mass is 19.1. The van der Waals surface area contributed by atoms with E-state index in [9.17, 15) is 14.0 Å². The van der Waals surface area contributed by atoms with E-state index >= 15 is 0 Å². The van der Waals surface area contributed by atoms with Crippen molar-refractivity contribution in [3.05, 3.63) is 80.8 Å². The number of nitrogen functional groups attached to an aromatic ring is 1. The van der Waals surface area contributed by atoms with Gasteiger partial charge < -0.3 is 16.4 Å². The summed E-state index contributed by atoms with van der Waals surface area (Å²) < 4.78 is 15.1. The topological polar surface area (TPSA) is 115 Å². The first-order valence-electron chi connectivity index (χ1n) is 10.4. The van der Waals surface area contributed by atoms with E-state index in [-0.39, 0.29) is 29.6 Å². The maximum Gasteiger partial charge on any atom is 0.294 e. The molecule has 0 spiro atoms. The number of aryl methyl sites for hydroxylation is 3. The van der Waals surface area contributed by atoms with Crippen LogP contribution >= 0.6 is 0 Å². The van der Waals surface area contributed by atoms with E-state index in [1.807, 2.05) is 19.1 Å². The Bertz CT molecular complexity index is 1220. The van der Waals surface area contributed by atoms with Crippen LogP contribution in [0.1, 0.15) is 40.4 Å². The van der Waals surface area contributed by atoms with E-state index in [1.54, 1.807) is 19.3 Å². The zero-order valence-electron chi connectivity index (χ0n) is 18.0. The molecular formula is C23H25FN6O2. The average molecular weight is 436 g/mol. The second-order valence-electron chi connectivity index (χ2n) is 8.08. The number of benzene rings is 1. The lowest BCUT2D eigenvalue weighted by atomic mass is 10.1. The summed E-state index contributed by atoms with van der Waals surface area (Å²) in [4.78, 5) is 34.2. The third kappa shape index (κ3) is 4.46. The molecule has 1 unspecified atom stereocenters. The first-order valence-corrected chi connectivity index (χ1v) is 10.4. The number of amides is 1. The summed E-state index contributed by atoms with van der Waals surface area (Å²) in [7, 11) is 0. The highest BCUT2D eigenvalue weighted by Crippen LogP contribution is 2.24. The van der Waals surface area contributed by atoms with Crippen LogP contribution in [-0.2, 0) is 24.3 Å². The second-order valence-corrected chi connectivity index (χ2v) is 8.08. The van der Waals surface area contributed by atoms with E-state index in [4.69, 9.17) is 5.73 Å². The molecule has 0 saturated carbocycles. The zero-order valence-corrected chi connectivity index (χ0v) is 18.0. The van der Waals surface area contributed by atoms with Gasteiger partial charge in [0.25, 0.3) is 5.56 Å². The summed E-state index contributed by atoms with van der Waals surface area (Å²) >= 11 is 0. The molecule has 0 radical (unpaired) electrons. The number of rotatable bonds is 6. The minimum absolute atomic E-state index is 0.133. The molecular weight excluding hydrogens is 411 g/mol. The molecule has 1 amide bonds. The van der Waals surface area contributed by atoms with Crippen LogP contribution in [0.2, 0.25) is 0 Å². The number of aromatic nitrogens is 3. The van der Waals surface area contributed by atoms with Crippen LogP contribution in [0.15, 0.2) is 41.5 Å². The summed E-state index contributed by atoms with van der Waals surface area (Å²) in [6.07, 6.45) is 4.35. The van der Waals surface area contributed by atoms with E-state index in [0.29, 0.717) is 36.5 Å². The van der Waals surface area contributed by atoms with Gasteiger partial charge in [-0.25, -0.2) is 14.4 Å². The third-order valence-corrected chi connectivity index (χ3v) is 5.57. The van der Waals surface area contributed by atoms with Gasteiger partial charge in [0.05, 0.1) is 0 Å². The molecule has 3 heterocycles. The molecule has 0 fully saturated rings. The van der Waals surface area contributed by atoms with Crippen LogP contribution < -0.4 is 21.9 Å². The molecule has 0 bridgehead atoms. The van der Waals surface area contributed by atoms with Gasteiger partial charge in [-0.05, 0) is 67.1 Å². The van der Waals surface area contributed by atoms with Crippen molar-refractivity contribution >= 4 is 17.5 Å². The molecule has 0 saturated heterocycles. The maximum atomic E-state index is 13.6. The van der Waals surface area contributed by atoms with Gasteiger partial charge in [-0.2, -0.15) is 0 Å². The Morgan fingerprint density at radius 1 is 1.16 bits per heavy atom. The van der Waals surface area contributed by atoms with Crippen LogP contribution in [-0.4, -0.2) is 20.4 Å². The summed E-state index contributed by atoms with van der Waals surface area (Å²) in [5, 5.41) is 5.86. The Morgan fingerprint density at radius 3 is 2.72 bits per heavy atom. The molecule has 4 rings (SSSR count). The first-order chi connectivity index (χ1) is 15.3. The molecule has 4 N–H and O–H groups in total. The predicted octanol–water partition coefficient (Wildman–Crippen LogP) is 2.39. The molecule has 0 aliphatic carbocycles. The monoisotopic (exact) mass is 436 g/mol. The van der Waals surface area contributed by atoms with Crippen molar-refractivity contribution in [3.63, 3.8) is 0 Å². The summed E-state index contributed by atoms with van der Waals surface area (Å²) in [5.74, 6) is 0.0212. The van der Waals surface area contributed by atoms with Crippen molar-refractivity contribution in [1.29, 1.82) is 0 Å². The van der Waals surface area contributed by atoms with Crippen molar-refractivity contribution in [2.24, 2.45) is 0 Å². The van der Waals surface area contributed by atoms with Crippen LogP contribution in [0.5, 0.6) is 0 Å². The Morgan fingerprint density at radius 2 is 1.97 bits per heavy atom. The predicted molar refractivity (Wildman–Crippen MR) is 120 cm³/mol. The molecule has 9 heteroatoms. The summed E-state index contributed by atoms with van der Waals surface area (Å²) in [6.45, 7) is 4.20. The molecule has 8 nitrogen and oxygen atoms in total. The number of hydrogen-bond acceptors (Lipinski definition) is 6. The smallest absolute Gasteiger partial charge is 0.294 e. The lowest BCUT2D eigenvalue weighted by molar-refractivity contribution is -0.124. The quantitative estimate of drug-likeness (QED) is 0.547. The van der Waals surface area contributed by atoms with Gasteiger partial charge in [0.2, 0.25) is 5.91 Å². The first kappa shape index (κ1) is 21.5. The molecule has 3 aromatic rings. The van der Waals surface area contributed by atoms with E-state index in [1.165, 1.54) is 16.7 Å². The number of halogens is 1. The molecule has 1 aliphatic heterocycles. The zero-order chi connectivity index (χ0) is 22.8. The van der Waals surface area contributed by atoms with E-state index < -0.39 is 6.04 Å². The normalized spacial score (nSPS) is 14.8. The Kier molecular flexibility index (Phi) is 5.89. The Labute approximate surface area is 184 Å². The van der Waals surface area contributed by atoms with Crippen molar-refractivity contribution in [2.45, 2.75) is 45.8 Å². The highest BCUT2D eigenvalue weighted by Gasteiger charge is 2.30. The molecule has 2 aromatic heterocycles. The number of hydrogen-bond donors (Lipinski definition) is 3. The molecule has 1 aliphatic rings. The van der Waals surface area contributed by atoms with Crippen molar-refractivity contribution < 1.29 is 9.18 Å². The largest absolute Gasteiger partial charge is 0.383 e. The van der Waals surface area contributed by atoms with Crippen LogP contribution in [0, 0.1) is 19.7 Å². The fourth-order valence-corrected chi connectivity index (χ4v) is 3.96. The maximum absolute atomic E-state index is 13.6. The lowest BCUT2D eigenvalue weighted by Gasteiger charge is -2.16. The second kappa shape index (κ2) is 8.78. The van der Waals surface area contributed by atoms with Gasteiger partial charge in [-0.15, -0.1) is 0 Å². The number of carbonyl (C=O) groups is 1. The van der Waals surface area contributed by atoms with Gasteiger partial charge in [-0.3, -0.25) is 14.2 Å². The minimum atomic E-state index is -0.611. The number of anilines is 2. The molecule has 166 valence electrons. The van der Waals surface area contributed by atoms with Gasteiger partial charge in [-0.1, -0.05) is 6.07 Å². The van der Waals surface area contributed by atoms with Crippen molar-refractivity contribution in [3.8, 4) is 0 Å². The highest BCUT2D eigenvalue weighted by molar-refractivity contribution is 5.81. The summed E-state index contributed by atoms with van der Waals surface area (Å²) in [5.41, 5.74) is 9.26. The van der Waals surface area contributed by atoms with Crippen molar-refractivity contribution in [2.75, 3.05) is 11.1 Å². The number of nitrogens with one attached hydrogen (secondary N) is 2. The van der Waals surface area contributed by atoms with Gasteiger partial charge in [0.1, 0.15) is 17.7 Å². The van der Waals surface area contributed by atoms with E-state index in [0.717, 1.165) is 16.7 Å². The van der Waals surface area contributed by atoms with Gasteiger partial charge in [0.15, 0.2) is 5.82 Å². The van der Waals surface area contributed by atoms with E-state index in [2.05, 4.69) is 20.6 Å². The Balaban J connectivity index is 1.48. The fourth-order valence-electron chi connectivity index (χ4n) is 3.96. The van der Waals surface area contributed by atoms with Crippen LogP contribution in [0.4, 0.5) is 16.0 Å². The minimum Gasteiger partial charge on any atom is -0.383 e. The van der Waals surface area contributed by atoms with Crippen LogP contribution in [0.25, 0.3) is 0 Å². The Hall–Kier alpha value is -3.75. The lowest BCUT2D eigenvalue weighted by Crippen LogP contribution is -2.36.